The van der Waals surface area contributed by atoms with Gasteiger partial charge >= 0.3 is 5.97 Å². The Kier molecular flexibility index (Phi) is 7.25. The largest absolute Gasteiger partial charge is 0.490 e. The van der Waals surface area contributed by atoms with E-state index in [1.54, 1.807) is 31.8 Å². The highest BCUT2D eigenvalue weighted by Gasteiger charge is 2.18. The van der Waals surface area contributed by atoms with Crippen molar-refractivity contribution in [3.63, 3.8) is 0 Å². The summed E-state index contributed by atoms with van der Waals surface area (Å²) in [5.41, 5.74) is 2.05. The minimum atomic E-state index is -1.10. The van der Waals surface area contributed by atoms with Crippen molar-refractivity contribution >= 4 is 11.9 Å². The molecule has 0 bridgehead atoms. The van der Waals surface area contributed by atoms with Crippen molar-refractivity contribution in [1.82, 2.24) is 15.1 Å². The summed E-state index contributed by atoms with van der Waals surface area (Å²) in [6, 6.07) is 4.60. The number of aryl methyl sites for hydroxylation is 2. The fourth-order valence-electron chi connectivity index (χ4n) is 2.77. The number of carboxylic acids is 1. The highest BCUT2D eigenvalue weighted by molar-refractivity contribution is 5.94. The quantitative estimate of drug-likeness (QED) is 0.635. The van der Waals surface area contributed by atoms with E-state index >= 15 is 0 Å². The van der Waals surface area contributed by atoms with Gasteiger partial charge in [-0.1, -0.05) is 6.92 Å². The van der Waals surface area contributed by atoms with Crippen molar-refractivity contribution in [2.45, 2.75) is 26.8 Å². The zero-order valence-electron chi connectivity index (χ0n) is 16.4. The number of nitrogens with zero attached hydrogens (tertiary/aromatic N) is 2. The van der Waals surface area contributed by atoms with Crippen LogP contribution >= 0.6 is 0 Å². The minimum absolute atomic E-state index is 0.264. The Morgan fingerprint density at radius 2 is 1.96 bits per heavy atom. The van der Waals surface area contributed by atoms with Crippen LogP contribution in [0.1, 0.15) is 35.5 Å². The first-order valence-corrected chi connectivity index (χ1v) is 8.89. The van der Waals surface area contributed by atoms with Gasteiger partial charge in [-0.25, -0.2) is 9.48 Å². The molecule has 0 aliphatic carbocycles. The van der Waals surface area contributed by atoms with Gasteiger partial charge in [-0.15, -0.1) is 0 Å². The molecule has 0 saturated heterocycles. The molecule has 9 heteroatoms. The fraction of sp³-hybridized carbons (Fsp3) is 0.421. The van der Waals surface area contributed by atoms with Crippen molar-refractivity contribution in [2.24, 2.45) is 7.05 Å². The predicted octanol–water partition coefficient (Wildman–Crippen LogP) is 1.78. The molecule has 0 saturated carbocycles. The highest BCUT2D eigenvalue weighted by atomic mass is 16.5. The first-order chi connectivity index (χ1) is 13.4. The van der Waals surface area contributed by atoms with E-state index in [0.29, 0.717) is 30.2 Å². The van der Waals surface area contributed by atoms with Crippen molar-refractivity contribution in [3.05, 3.63) is 35.0 Å². The summed E-state index contributed by atoms with van der Waals surface area (Å²) in [5, 5.41) is 16.0. The molecule has 1 heterocycles. The van der Waals surface area contributed by atoms with Gasteiger partial charge in [0.15, 0.2) is 18.1 Å². The zero-order chi connectivity index (χ0) is 20.7. The van der Waals surface area contributed by atoms with Crippen LogP contribution in [0.5, 0.6) is 17.4 Å². The molecule has 1 amide bonds. The van der Waals surface area contributed by atoms with E-state index in [1.165, 1.54) is 12.1 Å². The van der Waals surface area contributed by atoms with Crippen LogP contribution in [0.4, 0.5) is 0 Å². The third-order valence-electron chi connectivity index (χ3n) is 3.98. The van der Waals surface area contributed by atoms with Gasteiger partial charge in [-0.05, 0) is 31.5 Å². The average molecular weight is 391 g/mol. The summed E-state index contributed by atoms with van der Waals surface area (Å²) < 4.78 is 17.7. The Morgan fingerprint density at radius 3 is 2.57 bits per heavy atom. The lowest BCUT2D eigenvalue weighted by molar-refractivity contribution is -0.139. The second kappa shape index (κ2) is 9.63. The standard InChI is InChI=1S/C19H25N3O6/c1-5-14-13(19(26-4)22(3)21-14)10-20-18(25)12-7-8-15(28-11-17(23)24)16(9-12)27-6-2/h7-9H,5-6,10-11H2,1-4H3,(H,20,25)(H,23,24). The molecule has 0 spiro atoms. The molecule has 0 aliphatic heterocycles. The van der Waals surface area contributed by atoms with Crippen LogP contribution in [0.15, 0.2) is 18.2 Å². The number of hydrogen-bond donors (Lipinski definition) is 2. The van der Waals surface area contributed by atoms with Gasteiger partial charge in [0.05, 0.1) is 31.5 Å². The second-order valence-corrected chi connectivity index (χ2v) is 5.87. The number of carbonyl (C=O) groups excluding carboxylic acids is 1. The van der Waals surface area contributed by atoms with Gasteiger partial charge in [0.1, 0.15) is 0 Å². The summed E-state index contributed by atoms with van der Waals surface area (Å²) in [5.74, 6) is -0.225. The van der Waals surface area contributed by atoms with Crippen LogP contribution in [0.25, 0.3) is 0 Å². The Labute approximate surface area is 163 Å². The van der Waals surface area contributed by atoms with Crippen LogP contribution in [0.3, 0.4) is 0 Å². The number of aromatic nitrogens is 2. The monoisotopic (exact) mass is 391 g/mol. The number of amides is 1. The molecule has 9 nitrogen and oxygen atoms in total. The first kappa shape index (κ1) is 21.1. The van der Waals surface area contributed by atoms with E-state index in [0.717, 1.165) is 11.3 Å². The lowest BCUT2D eigenvalue weighted by Gasteiger charge is -2.13. The summed E-state index contributed by atoms with van der Waals surface area (Å²) in [6.45, 7) is 3.89. The van der Waals surface area contributed by atoms with Crippen LogP contribution in [-0.2, 0) is 24.8 Å². The lowest BCUT2D eigenvalue weighted by atomic mass is 10.1. The van der Waals surface area contributed by atoms with E-state index in [-0.39, 0.29) is 18.2 Å². The van der Waals surface area contributed by atoms with Crippen molar-refractivity contribution in [2.75, 3.05) is 20.3 Å². The van der Waals surface area contributed by atoms with Crippen LogP contribution < -0.4 is 19.5 Å². The number of rotatable bonds is 10. The molecule has 0 unspecified atom stereocenters. The van der Waals surface area contributed by atoms with Gasteiger partial charge in [-0.2, -0.15) is 5.10 Å². The fourth-order valence-corrected chi connectivity index (χ4v) is 2.77. The number of nitrogens with one attached hydrogen (secondary N) is 1. The van der Waals surface area contributed by atoms with E-state index < -0.39 is 12.6 Å². The van der Waals surface area contributed by atoms with Crippen LogP contribution in [0.2, 0.25) is 0 Å². The number of methoxy groups -OCH3 is 1. The van der Waals surface area contributed by atoms with Crippen LogP contribution in [0, 0.1) is 0 Å². The number of carboxylic acid groups (broad SMARTS) is 1. The topological polar surface area (TPSA) is 112 Å². The molecule has 0 radical (unpaired) electrons. The maximum Gasteiger partial charge on any atom is 0.341 e. The molecule has 152 valence electrons. The van der Waals surface area contributed by atoms with Crippen molar-refractivity contribution in [1.29, 1.82) is 0 Å². The van der Waals surface area contributed by atoms with Gasteiger partial charge in [0.25, 0.3) is 5.91 Å². The van der Waals surface area contributed by atoms with Gasteiger partial charge < -0.3 is 24.6 Å². The van der Waals surface area contributed by atoms with Gasteiger partial charge in [-0.3, -0.25) is 4.79 Å². The zero-order valence-corrected chi connectivity index (χ0v) is 16.4. The Hall–Kier alpha value is -3.23. The molecule has 2 aromatic rings. The smallest absolute Gasteiger partial charge is 0.341 e. The molecule has 2 rings (SSSR count). The van der Waals surface area contributed by atoms with E-state index in [4.69, 9.17) is 19.3 Å². The molecule has 1 aromatic carbocycles. The molecule has 0 aliphatic rings. The molecule has 1 aromatic heterocycles. The van der Waals surface area contributed by atoms with Crippen molar-refractivity contribution < 1.29 is 28.9 Å². The molecule has 0 atom stereocenters. The Balaban J connectivity index is 2.16. The molecular formula is C19H25N3O6. The minimum Gasteiger partial charge on any atom is -0.490 e. The van der Waals surface area contributed by atoms with Gasteiger partial charge in [0, 0.05) is 12.6 Å². The maximum absolute atomic E-state index is 12.6. The number of carbonyl (C=O) groups is 2. The Bertz CT molecular complexity index is 846. The first-order valence-electron chi connectivity index (χ1n) is 8.89. The van der Waals surface area contributed by atoms with Crippen molar-refractivity contribution in [3.8, 4) is 17.4 Å². The predicted molar refractivity (Wildman–Crippen MR) is 101 cm³/mol. The number of ether oxygens (including phenoxy) is 3. The third kappa shape index (κ3) is 4.93. The van der Waals surface area contributed by atoms with E-state index in [1.807, 2.05) is 6.92 Å². The highest BCUT2D eigenvalue weighted by Crippen LogP contribution is 2.29. The summed E-state index contributed by atoms with van der Waals surface area (Å²) in [7, 11) is 3.35. The summed E-state index contributed by atoms with van der Waals surface area (Å²) in [6.07, 6.45) is 0.715. The van der Waals surface area contributed by atoms with Crippen LogP contribution in [-0.4, -0.2) is 47.1 Å². The van der Waals surface area contributed by atoms with E-state index in [2.05, 4.69) is 10.4 Å². The number of aliphatic carboxylic acids is 1. The molecule has 2 N–H and O–H groups in total. The molecular weight excluding hydrogens is 366 g/mol. The average Bonchev–Trinajstić information content (AvgIpc) is 2.99. The normalized spacial score (nSPS) is 10.4. The third-order valence-corrected chi connectivity index (χ3v) is 3.98. The SMILES string of the molecule is CCOc1cc(C(=O)NCc2c(CC)nn(C)c2OC)ccc1OCC(=O)O. The molecule has 28 heavy (non-hydrogen) atoms. The molecule has 0 fully saturated rings. The van der Waals surface area contributed by atoms with Gasteiger partial charge in [0.2, 0.25) is 5.88 Å². The maximum atomic E-state index is 12.6. The Morgan fingerprint density at radius 1 is 1.21 bits per heavy atom. The van der Waals surface area contributed by atoms with E-state index in [9.17, 15) is 9.59 Å². The number of benzene rings is 1. The summed E-state index contributed by atoms with van der Waals surface area (Å²) >= 11 is 0. The second-order valence-electron chi connectivity index (χ2n) is 5.87. The summed E-state index contributed by atoms with van der Waals surface area (Å²) in [4.78, 5) is 23.3. The number of hydrogen-bond acceptors (Lipinski definition) is 6. The lowest BCUT2D eigenvalue weighted by Crippen LogP contribution is -2.23.